The van der Waals surface area contributed by atoms with Gasteiger partial charge in [-0.25, -0.2) is 12.8 Å². The molecule has 0 radical (unpaired) electrons. The van der Waals surface area contributed by atoms with E-state index in [2.05, 4.69) is 20.7 Å². The third kappa shape index (κ3) is 3.19. The number of halogens is 2. The van der Waals surface area contributed by atoms with Crippen LogP contribution in [-0.2, 0) is 10.0 Å². The van der Waals surface area contributed by atoms with Crippen molar-refractivity contribution in [2.24, 2.45) is 0 Å². The summed E-state index contributed by atoms with van der Waals surface area (Å²) < 4.78 is 41.0. The van der Waals surface area contributed by atoms with Gasteiger partial charge in [-0.3, -0.25) is 4.72 Å². The van der Waals surface area contributed by atoms with E-state index in [0.717, 1.165) is 6.07 Å². The zero-order valence-corrected chi connectivity index (χ0v) is 13.8. The van der Waals surface area contributed by atoms with Crippen LogP contribution < -0.4 is 10.5 Å². The van der Waals surface area contributed by atoms with Gasteiger partial charge in [0.15, 0.2) is 0 Å². The van der Waals surface area contributed by atoms with Gasteiger partial charge in [0, 0.05) is 0 Å². The molecule has 0 amide bonds. The summed E-state index contributed by atoms with van der Waals surface area (Å²) in [7, 11) is -3.88. The van der Waals surface area contributed by atoms with E-state index in [1.54, 1.807) is 26.0 Å². The number of aryl methyl sites for hydroxylation is 2. The molecule has 0 atom stereocenters. The van der Waals surface area contributed by atoms with Gasteiger partial charge in [0.25, 0.3) is 10.0 Å². The fraction of sp³-hybridized carbons (Fsp3) is 0.143. The van der Waals surface area contributed by atoms with Gasteiger partial charge < -0.3 is 5.73 Å². The zero-order valence-electron chi connectivity index (χ0n) is 11.4. The van der Waals surface area contributed by atoms with Gasteiger partial charge in [0.2, 0.25) is 0 Å². The van der Waals surface area contributed by atoms with E-state index < -0.39 is 15.8 Å². The molecule has 2 rings (SSSR count). The van der Waals surface area contributed by atoms with Gasteiger partial charge in [-0.1, -0.05) is 12.1 Å². The summed E-state index contributed by atoms with van der Waals surface area (Å²) in [5, 5.41) is 0. The molecule has 0 saturated carbocycles. The normalized spacial score (nSPS) is 11.4. The number of anilines is 2. The van der Waals surface area contributed by atoms with Crippen molar-refractivity contribution in [3.05, 3.63) is 51.7 Å². The van der Waals surface area contributed by atoms with E-state index in [1.165, 1.54) is 12.1 Å². The Labute approximate surface area is 131 Å². The third-order valence-electron chi connectivity index (χ3n) is 3.05. The summed E-state index contributed by atoms with van der Waals surface area (Å²) in [5.41, 5.74) is 7.41. The van der Waals surface area contributed by atoms with Crippen molar-refractivity contribution >= 4 is 37.3 Å². The summed E-state index contributed by atoms with van der Waals surface area (Å²) in [5.74, 6) is -0.552. The van der Waals surface area contributed by atoms with Crippen LogP contribution in [0, 0.1) is 19.7 Å². The molecule has 4 nitrogen and oxygen atoms in total. The molecule has 2 aromatic rings. The van der Waals surface area contributed by atoms with Crippen molar-refractivity contribution in [1.29, 1.82) is 0 Å². The molecule has 0 aliphatic heterocycles. The summed E-state index contributed by atoms with van der Waals surface area (Å²) in [4.78, 5) is 0.0193. The maximum absolute atomic E-state index is 13.5. The lowest BCUT2D eigenvalue weighted by Gasteiger charge is -2.14. The maximum atomic E-state index is 13.5. The predicted molar refractivity (Wildman–Crippen MR) is 85.2 cm³/mol. The molecule has 0 fully saturated rings. The Kier molecular flexibility index (Phi) is 4.25. The van der Waals surface area contributed by atoms with Gasteiger partial charge >= 0.3 is 0 Å². The molecule has 0 heterocycles. The van der Waals surface area contributed by atoms with Crippen molar-refractivity contribution in [1.82, 2.24) is 0 Å². The highest BCUT2D eigenvalue weighted by molar-refractivity contribution is 9.10. The first kappa shape index (κ1) is 15.8. The van der Waals surface area contributed by atoms with Crippen LogP contribution in [0.4, 0.5) is 15.8 Å². The number of benzene rings is 2. The smallest absolute Gasteiger partial charge is 0.264 e. The monoisotopic (exact) mass is 372 g/mol. The van der Waals surface area contributed by atoms with E-state index in [1.807, 2.05) is 0 Å². The first-order valence-electron chi connectivity index (χ1n) is 6.06. The van der Waals surface area contributed by atoms with Crippen LogP contribution in [0.2, 0.25) is 0 Å². The minimum atomic E-state index is -3.88. The molecule has 0 spiro atoms. The fourth-order valence-corrected chi connectivity index (χ4v) is 3.66. The molecular weight excluding hydrogens is 359 g/mol. The highest BCUT2D eigenvalue weighted by Crippen LogP contribution is 2.28. The molecule has 2 aromatic carbocycles. The number of nitrogens with two attached hydrogens (primary N) is 1. The Balaban J connectivity index is 2.48. The number of hydrogen-bond donors (Lipinski definition) is 2. The molecule has 0 unspecified atom stereocenters. The second-order valence-electron chi connectivity index (χ2n) is 4.68. The molecule has 0 bridgehead atoms. The first-order chi connectivity index (χ1) is 9.72. The lowest BCUT2D eigenvalue weighted by atomic mass is 10.1. The summed E-state index contributed by atoms with van der Waals surface area (Å²) in [6.07, 6.45) is 0. The van der Waals surface area contributed by atoms with Crippen LogP contribution in [-0.4, -0.2) is 8.42 Å². The Morgan fingerprint density at radius 1 is 1.14 bits per heavy atom. The SMILES string of the molecule is Cc1ccc(C)c(S(=O)(=O)Nc2ccc(Br)c(F)c2)c1N. The molecule has 21 heavy (non-hydrogen) atoms. The lowest BCUT2D eigenvalue weighted by Crippen LogP contribution is -2.17. The highest BCUT2D eigenvalue weighted by Gasteiger charge is 2.21. The van der Waals surface area contributed by atoms with E-state index in [4.69, 9.17) is 5.73 Å². The summed E-state index contributed by atoms with van der Waals surface area (Å²) in [6.45, 7) is 3.39. The minimum Gasteiger partial charge on any atom is -0.397 e. The predicted octanol–water partition coefficient (Wildman–Crippen LogP) is 3.59. The quantitative estimate of drug-likeness (QED) is 0.808. The first-order valence-corrected chi connectivity index (χ1v) is 8.33. The van der Waals surface area contributed by atoms with Gasteiger partial charge in [-0.2, -0.15) is 0 Å². The van der Waals surface area contributed by atoms with E-state index in [9.17, 15) is 12.8 Å². The van der Waals surface area contributed by atoms with Crippen molar-refractivity contribution in [2.45, 2.75) is 18.7 Å². The van der Waals surface area contributed by atoms with E-state index >= 15 is 0 Å². The van der Waals surface area contributed by atoms with Crippen molar-refractivity contribution < 1.29 is 12.8 Å². The van der Waals surface area contributed by atoms with Crippen molar-refractivity contribution in [3.63, 3.8) is 0 Å². The van der Waals surface area contributed by atoms with Gasteiger partial charge in [-0.15, -0.1) is 0 Å². The standard InChI is InChI=1S/C14H14BrFN2O2S/c1-8-3-4-9(2)14(13(8)17)21(19,20)18-10-5-6-11(15)12(16)7-10/h3-7,18H,17H2,1-2H3. The van der Waals surface area contributed by atoms with E-state index in [-0.39, 0.29) is 20.7 Å². The van der Waals surface area contributed by atoms with Gasteiger partial charge in [0.1, 0.15) is 10.7 Å². The molecule has 112 valence electrons. The minimum absolute atomic E-state index is 0.0193. The Hall–Kier alpha value is -1.60. The zero-order chi connectivity index (χ0) is 15.8. The van der Waals surface area contributed by atoms with Gasteiger partial charge in [-0.05, 0) is 59.1 Å². The fourth-order valence-electron chi connectivity index (χ4n) is 1.93. The maximum Gasteiger partial charge on any atom is 0.264 e. The number of rotatable bonds is 3. The molecule has 3 N–H and O–H groups in total. The van der Waals surface area contributed by atoms with E-state index in [0.29, 0.717) is 11.1 Å². The molecule has 0 aromatic heterocycles. The second-order valence-corrected chi connectivity index (χ2v) is 7.15. The molecular formula is C14H14BrFN2O2S. The van der Waals surface area contributed by atoms with Crippen LogP contribution >= 0.6 is 15.9 Å². The average Bonchev–Trinajstić information content (AvgIpc) is 2.38. The highest BCUT2D eigenvalue weighted by atomic mass is 79.9. The van der Waals surface area contributed by atoms with Crippen LogP contribution in [0.5, 0.6) is 0 Å². The average molecular weight is 373 g/mol. The topological polar surface area (TPSA) is 72.2 Å². The Morgan fingerprint density at radius 2 is 1.76 bits per heavy atom. The number of hydrogen-bond acceptors (Lipinski definition) is 3. The summed E-state index contributed by atoms with van der Waals surface area (Å²) in [6, 6.07) is 7.43. The molecule has 7 heteroatoms. The van der Waals surface area contributed by atoms with Crippen LogP contribution in [0.15, 0.2) is 39.7 Å². The van der Waals surface area contributed by atoms with Gasteiger partial charge in [0.05, 0.1) is 15.8 Å². The Morgan fingerprint density at radius 3 is 2.38 bits per heavy atom. The van der Waals surface area contributed by atoms with Crippen molar-refractivity contribution in [2.75, 3.05) is 10.5 Å². The third-order valence-corrected chi connectivity index (χ3v) is 5.28. The summed E-state index contributed by atoms with van der Waals surface area (Å²) >= 11 is 3.01. The van der Waals surface area contributed by atoms with Crippen LogP contribution in [0.3, 0.4) is 0 Å². The van der Waals surface area contributed by atoms with Crippen molar-refractivity contribution in [3.8, 4) is 0 Å². The van der Waals surface area contributed by atoms with Crippen LogP contribution in [0.1, 0.15) is 11.1 Å². The van der Waals surface area contributed by atoms with Crippen LogP contribution in [0.25, 0.3) is 0 Å². The second kappa shape index (κ2) is 5.65. The largest absolute Gasteiger partial charge is 0.397 e. The number of sulfonamides is 1. The molecule has 0 saturated heterocycles. The number of nitrogen functional groups attached to an aromatic ring is 1. The lowest BCUT2D eigenvalue weighted by molar-refractivity contribution is 0.600. The number of nitrogens with one attached hydrogen (secondary N) is 1. The molecule has 0 aliphatic carbocycles. The Bertz CT molecular complexity index is 807. The molecule has 0 aliphatic rings.